The number of halogens is 1. The van der Waals surface area contributed by atoms with E-state index in [2.05, 4.69) is 29.4 Å². The van der Waals surface area contributed by atoms with Crippen molar-refractivity contribution in [1.82, 2.24) is 14.8 Å². The lowest BCUT2D eigenvalue weighted by Gasteiger charge is -2.11. The van der Waals surface area contributed by atoms with E-state index in [9.17, 15) is 9.18 Å². The number of carbonyl (C=O) groups excluding carboxylic acids is 1. The molecule has 0 aliphatic carbocycles. The Morgan fingerprint density at radius 3 is 2.52 bits per heavy atom. The second kappa shape index (κ2) is 9.69. The van der Waals surface area contributed by atoms with Gasteiger partial charge in [0.05, 0.1) is 11.3 Å². The zero-order valence-electron chi connectivity index (χ0n) is 16.9. The molecule has 0 unspecified atom stereocenters. The van der Waals surface area contributed by atoms with Crippen LogP contribution in [0, 0.1) is 5.82 Å². The van der Waals surface area contributed by atoms with Crippen LogP contribution in [0.25, 0.3) is 11.4 Å². The molecule has 2 aromatic carbocycles. The van der Waals surface area contributed by atoms with E-state index >= 15 is 0 Å². The van der Waals surface area contributed by atoms with E-state index in [1.807, 2.05) is 35.8 Å². The van der Waals surface area contributed by atoms with Crippen LogP contribution in [0.2, 0.25) is 0 Å². The van der Waals surface area contributed by atoms with Crippen LogP contribution in [0.4, 0.5) is 10.1 Å². The van der Waals surface area contributed by atoms with Gasteiger partial charge in [0, 0.05) is 12.2 Å². The van der Waals surface area contributed by atoms with Crippen molar-refractivity contribution in [1.29, 1.82) is 0 Å². The van der Waals surface area contributed by atoms with Gasteiger partial charge < -0.3 is 9.88 Å². The van der Waals surface area contributed by atoms with Crippen molar-refractivity contribution in [2.75, 3.05) is 11.1 Å². The topological polar surface area (TPSA) is 59.8 Å². The quantitative estimate of drug-likeness (QED) is 0.507. The minimum Gasteiger partial charge on any atom is -0.325 e. The van der Waals surface area contributed by atoms with Crippen LogP contribution in [0.15, 0.2) is 53.7 Å². The predicted molar refractivity (Wildman–Crippen MR) is 116 cm³/mol. The van der Waals surface area contributed by atoms with E-state index in [0.29, 0.717) is 29.0 Å². The molecule has 0 saturated carbocycles. The van der Waals surface area contributed by atoms with Crippen molar-refractivity contribution in [3.63, 3.8) is 0 Å². The van der Waals surface area contributed by atoms with Crippen molar-refractivity contribution >= 4 is 23.4 Å². The summed E-state index contributed by atoms with van der Waals surface area (Å²) < 4.78 is 15.9. The third-order valence-electron chi connectivity index (χ3n) is 4.86. The summed E-state index contributed by atoms with van der Waals surface area (Å²) in [6.07, 6.45) is 1.08. The fourth-order valence-electron chi connectivity index (χ4n) is 2.98. The molecule has 0 bridgehead atoms. The minimum absolute atomic E-state index is 0.121. The maximum absolute atomic E-state index is 14.1. The van der Waals surface area contributed by atoms with E-state index < -0.39 is 0 Å². The number of hydrogen-bond donors (Lipinski definition) is 1. The van der Waals surface area contributed by atoms with Crippen molar-refractivity contribution in [3.05, 3.63) is 59.9 Å². The largest absolute Gasteiger partial charge is 0.325 e. The molecule has 0 spiro atoms. The monoisotopic (exact) mass is 412 g/mol. The summed E-state index contributed by atoms with van der Waals surface area (Å²) >= 11 is 1.29. The Hall–Kier alpha value is -2.67. The van der Waals surface area contributed by atoms with Crippen LogP contribution >= 0.6 is 11.8 Å². The molecule has 3 rings (SSSR count). The molecule has 0 aliphatic rings. The highest BCUT2D eigenvalue weighted by Crippen LogP contribution is 2.26. The van der Waals surface area contributed by atoms with Crippen LogP contribution in [-0.2, 0) is 11.3 Å². The van der Waals surface area contributed by atoms with E-state index in [4.69, 9.17) is 0 Å². The smallest absolute Gasteiger partial charge is 0.234 e. The first-order valence-electron chi connectivity index (χ1n) is 9.74. The van der Waals surface area contributed by atoms with Crippen LogP contribution in [0.3, 0.4) is 0 Å². The Balaban J connectivity index is 1.64. The van der Waals surface area contributed by atoms with Gasteiger partial charge in [-0.15, -0.1) is 10.2 Å². The third kappa shape index (κ3) is 5.03. The Morgan fingerprint density at radius 1 is 1.14 bits per heavy atom. The average Bonchev–Trinajstić information content (AvgIpc) is 3.15. The number of thioether (sulfide) groups is 1. The van der Waals surface area contributed by atoms with Gasteiger partial charge in [-0.2, -0.15) is 0 Å². The number of aromatic nitrogens is 3. The normalized spacial score (nSPS) is 12.0. The summed E-state index contributed by atoms with van der Waals surface area (Å²) in [7, 11) is 0. The molecule has 5 nitrogen and oxygen atoms in total. The summed E-state index contributed by atoms with van der Waals surface area (Å²) in [5, 5.41) is 11.8. The fraction of sp³-hybridized carbons (Fsp3) is 0.318. The SMILES string of the molecule is CC[C@@H](C)c1ccc(NC(=O)CSc2nnc(-c3ccccc3F)n2CC)cc1. The number of nitrogens with one attached hydrogen (secondary N) is 1. The summed E-state index contributed by atoms with van der Waals surface area (Å²) in [5.74, 6) is 0.699. The van der Waals surface area contributed by atoms with Gasteiger partial charge in [0.15, 0.2) is 11.0 Å². The maximum atomic E-state index is 14.1. The standard InChI is InChI=1S/C22H25FN4OS/c1-4-15(3)16-10-12-17(13-11-16)24-20(28)14-29-22-26-25-21(27(22)5-2)18-8-6-7-9-19(18)23/h6-13,15H,4-5,14H2,1-3H3,(H,24,28)/t15-/m1/s1. The number of nitrogens with zero attached hydrogens (tertiary/aromatic N) is 3. The van der Waals surface area contributed by atoms with Crippen molar-refractivity contribution in [2.24, 2.45) is 0 Å². The van der Waals surface area contributed by atoms with Crippen LogP contribution in [0.1, 0.15) is 38.7 Å². The molecule has 1 atom stereocenters. The van der Waals surface area contributed by atoms with Gasteiger partial charge in [-0.05, 0) is 49.1 Å². The van der Waals surface area contributed by atoms with E-state index in [-0.39, 0.29) is 17.5 Å². The van der Waals surface area contributed by atoms with E-state index in [1.165, 1.54) is 23.4 Å². The highest BCUT2D eigenvalue weighted by molar-refractivity contribution is 7.99. The molecule has 29 heavy (non-hydrogen) atoms. The van der Waals surface area contributed by atoms with Crippen LogP contribution < -0.4 is 5.32 Å². The summed E-state index contributed by atoms with van der Waals surface area (Å²) in [6, 6.07) is 14.4. The molecule has 3 aromatic rings. The van der Waals surface area contributed by atoms with E-state index in [1.54, 1.807) is 18.2 Å². The molecule has 0 radical (unpaired) electrons. The third-order valence-corrected chi connectivity index (χ3v) is 5.82. The molecule has 1 aromatic heterocycles. The van der Waals surface area contributed by atoms with Gasteiger partial charge >= 0.3 is 0 Å². The molecule has 0 saturated heterocycles. The minimum atomic E-state index is -0.343. The van der Waals surface area contributed by atoms with Crippen molar-refractivity contribution < 1.29 is 9.18 Å². The molecule has 152 valence electrons. The first-order chi connectivity index (χ1) is 14.0. The molecular formula is C22H25FN4OS. The lowest BCUT2D eigenvalue weighted by molar-refractivity contribution is -0.113. The summed E-state index contributed by atoms with van der Waals surface area (Å²) in [6.45, 7) is 6.86. The van der Waals surface area contributed by atoms with Gasteiger partial charge in [-0.1, -0.05) is 49.9 Å². The second-order valence-corrected chi connectivity index (χ2v) is 7.74. The first-order valence-corrected chi connectivity index (χ1v) is 10.7. The fourth-order valence-corrected chi connectivity index (χ4v) is 3.78. The van der Waals surface area contributed by atoms with Crippen LogP contribution in [0.5, 0.6) is 0 Å². The molecule has 1 heterocycles. The average molecular weight is 413 g/mol. The summed E-state index contributed by atoms with van der Waals surface area (Å²) in [4.78, 5) is 12.3. The lowest BCUT2D eigenvalue weighted by atomic mass is 9.99. The zero-order chi connectivity index (χ0) is 20.8. The Kier molecular flexibility index (Phi) is 7.04. The van der Waals surface area contributed by atoms with Crippen molar-refractivity contribution in [2.45, 2.75) is 44.8 Å². The number of carbonyl (C=O) groups is 1. The molecule has 7 heteroatoms. The molecular weight excluding hydrogens is 387 g/mol. The zero-order valence-corrected chi connectivity index (χ0v) is 17.7. The molecule has 1 amide bonds. The number of benzene rings is 2. The number of anilines is 1. The van der Waals surface area contributed by atoms with Gasteiger partial charge in [-0.25, -0.2) is 4.39 Å². The van der Waals surface area contributed by atoms with E-state index in [0.717, 1.165) is 12.1 Å². The maximum Gasteiger partial charge on any atom is 0.234 e. The predicted octanol–water partition coefficient (Wildman–Crippen LogP) is 5.35. The first kappa shape index (κ1) is 21.0. The second-order valence-electron chi connectivity index (χ2n) is 6.80. The molecule has 0 fully saturated rings. The molecule has 0 aliphatic heterocycles. The number of amides is 1. The summed E-state index contributed by atoms with van der Waals surface area (Å²) in [5.41, 5.74) is 2.43. The highest BCUT2D eigenvalue weighted by Gasteiger charge is 2.17. The van der Waals surface area contributed by atoms with Crippen molar-refractivity contribution in [3.8, 4) is 11.4 Å². The van der Waals surface area contributed by atoms with Gasteiger partial charge in [0.2, 0.25) is 5.91 Å². The Morgan fingerprint density at radius 2 is 1.86 bits per heavy atom. The molecule has 1 N–H and O–H groups in total. The number of rotatable bonds is 8. The van der Waals surface area contributed by atoms with Crippen LogP contribution in [-0.4, -0.2) is 26.4 Å². The van der Waals surface area contributed by atoms with Gasteiger partial charge in [-0.3, -0.25) is 4.79 Å². The highest BCUT2D eigenvalue weighted by atomic mass is 32.2. The van der Waals surface area contributed by atoms with Gasteiger partial charge in [0.1, 0.15) is 5.82 Å². The van der Waals surface area contributed by atoms with Gasteiger partial charge in [0.25, 0.3) is 0 Å². The Labute approximate surface area is 174 Å². The lowest BCUT2D eigenvalue weighted by Crippen LogP contribution is -2.14. The number of hydrogen-bond acceptors (Lipinski definition) is 4. The Bertz CT molecular complexity index is 971.